The SMILES string of the molecule is FC(F)[SiH2]O[SiH2]C(Cl)Cl. The Labute approximate surface area is 66.6 Å². The molecule has 0 bridgehead atoms. The van der Waals surface area contributed by atoms with Gasteiger partial charge in [-0.15, -0.1) is 23.2 Å². The molecule has 0 saturated heterocycles. The summed E-state index contributed by atoms with van der Waals surface area (Å²) in [6.07, 6.45) is 0. The van der Waals surface area contributed by atoms with Crippen LogP contribution in [0.15, 0.2) is 0 Å². The van der Waals surface area contributed by atoms with E-state index in [9.17, 15) is 8.78 Å². The third-order valence-electron chi connectivity index (χ3n) is 0.488. The summed E-state index contributed by atoms with van der Waals surface area (Å²) in [5.41, 5.74) is 0. The molecule has 0 aromatic carbocycles. The predicted molar refractivity (Wildman–Crippen MR) is 39.7 cm³/mol. The fourth-order valence-corrected chi connectivity index (χ4v) is 3.82. The van der Waals surface area contributed by atoms with Gasteiger partial charge in [-0.25, -0.2) is 8.78 Å². The van der Waals surface area contributed by atoms with Crippen molar-refractivity contribution in [3.63, 3.8) is 0 Å². The van der Waals surface area contributed by atoms with Crippen molar-refractivity contribution in [1.29, 1.82) is 0 Å². The lowest BCUT2D eigenvalue weighted by Crippen LogP contribution is -2.16. The normalized spacial score (nSPS) is 14.0. The number of halogens is 4. The standard InChI is InChI=1S/C2H6Cl2F2OSi2/c3-1(4)8-7-9-2(5)6/h1-2H,8-9H2. The predicted octanol–water partition coefficient (Wildman–Crippen LogP) is 0.154. The van der Waals surface area contributed by atoms with Crippen LogP contribution in [0, 0.1) is 0 Å². The molecule has 0 amide bonds. The van der Waals surface area contributed by atoms with Crippen molar-refractivity contribution in [3.8, 4) is 0 Å². The zero-order chi connectivity index (χ0) is 7.28. The van der Waals surface area contributed by atoms with Crippen LogP contribution >= 0.6 is 23.2 Å². The van der Waals surface area contributed by atoms with Crippen LogP contribution in [0.3, 0.4) is 0 Å². The highest BCUT2D eigenvalue weighted by molar-refractivity contribution is 6.67. The van der Waals surface area contributed by atoms with Gasteiger partial charge in [0, 0.05) is 0 Å². The third kappa shape index (κ3) is 8.83. The highest BCUT2D eigenvalue weighted by Crippen LogP contribution is 1.99. The van der Waals surface area contributed by atoms with Crippen LogP contribution in [0.1, 0.15) is 0 Å². The van der Waals surface area contributed by atoms with Crippen LogP contribution in [-0.4, -0.2) is 30.0 Å². The van der Waals surface area contributed by atoms with E-state index in [0.717, 1.165) is 0 Å². The average Bonchev–Trinajstić information content (AvgIpc) is 1.63. The van der Waals surface area contributed by atoms with Gasteiger partial charge in [-0.1, -0.05) is 0 Å². The largest absolute Gasteiger partial charge is 0.459 e. The Morgan fingerprint density at radius 2 is 1.78 bits per heavy atom. The summed E-state index contributed by atoms with van der Waals surface area (Å²) in [7, 11) is -2.72. The second-order valence-corrected chi connectivity index (χ2v) is 7.37. The maximum absolute atomic E-state index is 11.4. The molecule has 0 rings (SSSR count). The summed E-state index contributed by atoms with van der Waals surface area (Å²) in [4.78, 5) is 0. The molecule has 0 spiro atoms. The molecule has 0 aliphatic rings. The molecule has 0 atom stereocenters. The van der Waals surface area contributed by atoms with Crippen molar-refractivity contribution in [2.24, 2.45) is 0 Å². The Balaban J connectivity index is 2.91. The molecule has 0 aromatic heterocycles. The van der Waals surface area contributed by atoms with Crippen LogP contribution in [0.25, 0.3) is 0 Å². The van der Waals surface area contributed by atoms with Crippen molar-refractivity contribution >= 4 is 42.7 Å². The molecule has 56 valence electrons. The summed E-state index contributed by atoms with van der Waals surface area (Å²) < 4.78 is 26.8. The van der Waals surface area contributed by atoms with Gasteiger partial charge in [-0.05, 0) is 0 Å². The molecule has 0 radical (unpaired) electrons. The van der Waals surface area contributed by atoms with Gasteiger partial charge in [0.2, 0.25) is 15.8 Å². The Morgan fingerprint density at radius 1 is 1.22 bits per heavy atom. The Hall–Kier alpha value is 0.834. The minimum Gasteiger partial charge on any atom is -0.459 e. The smallest absolute Gasteiger partial charge is 0.241 e. The number of rotatable bonds is 4. The van der Waals surface area contributed by atoms with Gasteiger partial charge in [0.05, 0.1) is 0 Å². The van der Waals surface area contributed by atoms with Crippen molar-refractivity contribution in [3.05, 3.63) is 0 Å². The first-order chi connectivity index (χ1) is 4.13. The van der Waals surface area contributed by atoms with Crippen molar-refractivity contribution in [2.45, 2.75) is 10.5 Å². The lowest BCUT2D eigenvalue weighted by Gasteiger charge is -2.00. The maximum Gasteiger partial charge on any atom is 0.241 e. The van der Waals surface area contributed by atoms with Crippen LogP contribution in [0.5, 0.6) is 0 Å². The van der Waals surface area contributed by atoms with Crippen molar-refractivity contribution < 1.29 is 12.9 Å². The van der Waals surface area contributed by atoms with Crippen molar-refractivity contribution in [2.75, 3.05) is 0 Å². The summed E-state index contributed by atoms with van der Waals surface area (Å²) in [5, 5.41) is 0. The highest BCUT2D eigenvalue weighted by atomic mass is 35.5. The van der Waals surface area contributed by atoms with Gasteiger partial charge in [-0.2, -0.15) is 0 Å². The molecule has 0 N–H and O–H groups in total. The fourth-order valence-electron chi connectivity index (χ4n) is 0.246. The maximum atomic E-state index is 11.4. The first kappa shape index (κ1) is 9.83. The van der Waals surface area contributed by atoms with E-state index in [2.05, 4.69) is 4.12 Å². The van der Waals surface area contributed by atoms with Gasteiger partial charge in [0.15, 0.2) is 9.76 Å². The molecule has 0 aliphatic heterocycles. The summed E-state index contributed by atoms with van der Waals surface area (Å²) in [5.74, 6) is 0. The van der Waals surface area contributed by atoms with Gasteiger partial charge in [0.1, 0.15) is 4.46 Å². The number of alkyl halides is 4. The molecule has 1 nitrogen and oxygen atoms in total. The minimum atomic E-state index is -2.27. The van der Waals surface area contributed by atoms with E-state index in [1.165, 1.54) is 0 Å². The summed E-state index contributed by atoms with van der Waals surface area (Å²) >= 11 is 10.5. The molecular formula is C2H6Cl2F2OSi2. The molecular weight excluding hydrogens is 205 g/mol. The minimum absolute atomic E-state index is 0.545. The molecule has 0 fully saturated rings. The molecule has 0 unspecified atom stereocenters. The Morgan fingerprint density at radius 3 is 2.11 bits per heavy atom. The molecule has 0 aliphatic carbocycles. The van der Waals surface area contributed by atoms with Gasteiger partial charge < -0.3 is 4.12 Å². The first-order valence-corrected chi connectivity index (χ1v) is 5.93. The van der Waals surface area contributed by atoms with Crippen LogP contribution in [0.4, 0.5) is 8.78 Å². The van der Waals surface area contributed by atoms with Gasteiger partial charge >= 0.3 is 0 Å². The van der Waals surface area contributed by atoms with E-state index in [4.69, 9.17) is 23.2 Å². The van der Waals surface area contributed by atoms with E-state index < -0.39 is 30.0 Å². The quantitative estimate of drug-likeness (QED) is 0.475. The average molecular weight is 211 g/mol. The highest BCUT2D eigenvalue weighted by Gasteiger charge is 2.05. The molecule has 0 aromatic rings. The van der Waals surface area contributed by atoms with E-state index in [1.807, 2.05) is 0 Å². The molecule has 0 heterocycles. The second-order valence-electron chi connectivity index (χ2n) is 1.32. The van der Waals surface area contributed by atoms with Crippen LogP contribution in [-0.2, 0) is 4.12 Å². The zero-order valence-electron chi connectivity index (χ0n) is 4.49. The molecule has 0 saturated carbocycles. The second kappa shape index (κ2) is 5.61. The first-order valence-electron chi connectivity index (χ1n) is 2.27. The van der Waals surface area contributed by atoms with Crippen LogP contribution < -0.4 is 0 Å². The van der Waals surface area contributed by atoms with E-state index in [0.29, 0.717) is 0 Å². The van der Waals surface area contributed by atoms with Gasteiger partial charge in [0.25, 0.3) is 0 Å². The van der Waals surface area contributed by atoms with E-state index >= 15 is 0 Å². The lowest BCUT2D eigenvalue weighted by atomic mass is 11.7. The Kier molecular flexibility index (Phi) is 6.13. The monoisotopic (exact) mass is 210 g/mol. The number of hydrogen-bond donors (Lipinski definition) is 0. The molecule has 9 heavy (non-hydrogen) atoms. The van der Waals surface area contributed by atoms with E-state index in [-0.39, 0.29) is 0 Å². The zero-order valence-corrected chi connectivity index (χ0v) is 8.83. The fraction of sp³-hybridized carbons (Fsp3) is 1.00. The van der Waals surface area contributed by atoms with Crippen molar-refractivity contribution in [1.82, 2.24) is 0 Å². The number of hydrogen-bond acceptors (Lipinski definition) is 1. The van der Waals surface area contributed by atoms with Crippen LogP contribution in [0.2, 0.25) is 0 Å². The summed E-state index contributed by atoms with van der Waals surface area (Å²) in [6.45, 7) is 0. The Bertz CT molecular complexity index is 65.6. The summed E-state index contributed by atoms with van der Waals surface area (Å²) in [6, 6.07) is -2.27. The van der Waals surface area contributed by atoms with E-state index in [1.54, 1.807) is 0 Å². The lowest BCUT2D eigenvalue weighted by molar-refractivity contribution is 0.224. The third-order valence-corrected chi connectivity index (χ3v) is 3.63. The topological polar surface area (TPSA) is 9.23 Å². The van der Waals surface area contributed by atoms with Gasteiger partial charge in [-0.3, -0.25) is 0 Å². The molecule has 7 heteroatoms.